The quantitative estimate of drug-likeness (QED) is 0.708. The molecule has 0 atom stereocenters. The molecule has 2 aromatic rings. The summed E-state index contributed by atoms with van der Waals surface area (Å²) in [6.45, 7) is 1.58. The number of rotatable bonds is 4. The van der Waals surface area contributed by atoms with Gasteiger partial charge in [-0.3, -0.25) is 9.59 Å². The number of thioether (sulfide) groups is 2. The Hall–Kier alpha value is -1.92. The maximum Gasteiger partial charge on any atom is 0.255 e. The van der Waals surface area contributed by atoms with Crippen molar-refractivity contribution >= 4 is 41.0 Å². The molecule has 0 saturated carbocycles. The molecule has 0 aliphatic carbocycles. The molecule has 2 aliphatic heterocycles. The van der Waals surface area contributed by atoms with Crippen LogP contribution in [-0.2, 0) is 0 Å². The molecule has 0 radical (unpaired) electrons. The van der Waals surface area contributed by atoms with Gasteiger partial charge in [-0.1, -0.05) is 24.3 Å². The molecule has 2 amide bonds. The predicted molar refractivity (Wildman–Crippen MR) is 123 cm³/mol. The van der Waals surface area contributed by atoms with Crippen molar-refractivity contribution in [2.75, 3.05) is 29.9 Å². The average molecular weight is 427 g/mol. The van der Waals surface area contributed by atoms with Crippen LogP contribution in [-0.4, -0.2) is 41.3 Å². The van der Waals surface area contributed by atoms with Gasteiger partial charge in [-0.05, 0) is 67.0 Å². The second kappa shape index (κ2) is 9.72. The number of hydrogen-bond acceptors (Lipinski definition) is 4. The summed E-state index contributed by atoms with van der Waals surface area (Å²) in [5, 5.41) is 2.95. The van der Waals surface area contributed by atoms with Crippen molar-refractivity contribution in [3.63, 3.8) is 0 Å². The largest absolute Gasteiger partial charge is 0.339 e. The summed E-state index contributed by atoms with van der Waals surface area (Å²) in [5.41, 5.74) is 3.02. The summed E-state index contributed by atoms with van der Waals surface area (Å²) in [5.74, 6) is 2.21. The molecular weight excluding hydrogens is 400 g/mol. The molecule has 2 heterocycles. The highest BCUT2D eigenvalue weighted by Crippen LogP contribution is 2.43. The van der Waals surface area contributed by atoms with Crippen molar-refractivity contribution in [1.82, 2.24) is 4.90 Å². The minimum atomic E-state index is -0.181. The number of para-hydroxylation sites is 1. The number of nitrogens with zero attached hydrogens (tertiary/aromatic N) is 1. The van der Waals surface area contributed by atoms with E-state index in [9.17, 15) is 9.59 Å². The number of benzene rings is 2. The maximum atomic E-state index is 12.9. The Kier molecular flexibility index (Phi) is 6.82. The van der Waals surface area contributed by atoms with Crippen LogP contribution in [0.1, 0.15) is 56.5 Å². The van der Waals surface area contributed by atoms with Crippen LogP contribution in [0.3, 0.4) is 0 Å². The molecule has 0 bridgehead atoms. The zero-order chi connectivity index (χ0) is 20.1. The molecule has 152 valence electrons. The lowest BCUT2D eigenvalue weighted by molar-refractivity contribution is 0.0725. The fraction of sp³-hybridized carbons (Fsp3) is 0.391. The van der Waals surface area contributed by atoms with E-state index in [0.29, 0.717) is 21.4 Å². The van der Waals surface area contributed by atoms with Gasteiger partial charge in [0, 0.05) is 18.7 Å². The van der Waals surface area contributed by atoms with Gasteiger partial charge < -0.3 is 10.2 Å². The molecule has 0 aromatic heterocycles. The molecule has 2 saturated heterocycles. The Morgan fingerprint density at radius 1 is 0.862 bits per heavy atom. The highest BCUT2D eigenvalue weighted by atomic mass is 32.2. The van der Waals surface area contributed by atoms with Crippen molar-refractivity contribution in [3.8, 4) is 0 Å². The first-order valence-electron chi connectivity index (χ1n) is 10.3. The lowest BCUT2D eigenvalue weighted by Gasteiger charge is -2.27. The summed E-state index contributed by atoms with van der Waals surface area (Å²) in [7, 11) is 0. The van der Waals surface area contributed by atoms with Crippen LogP contribution in [0.25, 0.3) is 0 Å². The first kappa shape index (κ1) is 20.4. The lowest BCUT2D eigenvalue weighted by Crippen LogP contribution is -2.36. The summed E-state index contributed by atoms with van der Waals surface area (Å²) in [6, 6.07) is 15.2. The minimum Gasteiger partial charge on any atom is -0.339 e. The fourth-order valence-electron chi connectivity index (χ4n) is 3.71. The Morgan fingerprint density at radius 3 is 2.28 bits per heavy atom. The van der Waals surface area contributed by atoms with E-state index in [1.54, 1.807) is 12.1 Å². The van der Waals surface area contributed by atoms with E-state index >= 15 is 0 Å². The predicted octanol–water partition coefficient (Wildman–Crippen LogP) is 5.43. The number of carbonyl (C=O) groups excluding carboxylic acids is 2. The van der Waals surface area contributed by atoms with E-state index in [1.165, 1.54) is 29.9 Å². The van der Waals surface area contributed by atoms with Gasteiger partial charge in [0.05, 0.1) is 15.8 Å². The van der Waals surface area contributed by atoms with Gasteiger partial charge in [-0.15, -0.1) is 23.5 Å². The highest BCUT2D eigenvalue weighted by molar-refractivity contribution is 8.16. The van der Waals surface area contributed by atoms with E-state index in [0.717, 1.165) is 25.9 Å². The van der Waals surface area contributed by atoms with Crippen LogP contribution >= 0.6 is 23.5 Å². The van der Waals surface area contributed by atoms with Crippen LogP contribution in [0, 0.1) is 0 Å². The Bertz CT molecular complexity index is 857. The van der Waals surface area contributed by atoms with Crippen LogP contribution in [0.2, 0.25) is 0 Å². The molecule has 0 spiro atoms. The van der Waals surface area contributed by atoms with E-state index in [2.05, 4.69) is 17.4 Å². The summed E-state index contributed by atoms with van der Waals surface area (Å²) in [6.07, 6.45) is 4.53. The standard InChI is InChI=1S/C23H26N2O2S2/c26-21(17-9-11-18(12-10-17)23-28-15-6-16-29-23)24-20-8-3-2-7-19(20)22(27)25-13-4-1-5-14-25/h2-3,7-12,23H,1,4-6,13-16H2,(H,24,26). The third-order valence-corrected chi connectivity index (χ3v) is 8.34. The van der Waals surface area contributed by atoms with Crippen molar-refractivity contribution in [3.05, 3.63) is 65.2 Å². The van der Waals surface area contributed by atoms with Crippen LogP contribution in [0.15, 0.2) is 48.5 Å². The smallest absolute Gasteiger partial charge is 0.255 e. The molecule has 4 nitrogen and oxygen atoms in total. The van der Waals surface area contributed by atoms with Crippen LogP contribution in [0.4, 0.5) is 5.69 Å². The Morgan fingerprint density at radius 2 is 1.55 bits per heavy atom. The number of anilines is 1. The summed E-state index contributed by atoms with van der Waals surface area (Å²) >= 11 is 3.94. The van der Waals surface area contributed by atoms with Gasteiger partial charge >= 0.3 is 0 Å². The second-order valence-corrected chi connectivity index (χ2v) is 10.1. The zero-order valence-electron chi connectivity index (χ0n) is 16.4. The van der Waals surface area contributed by atoms with Crippen molar-refractivity contribution in [2.45, 2.75) is 30.3 Å². The topological polar surface area (TPSA) is 49.4 Å². The zero-order valence-corrected chi connectivity index (χ0v) is 18.1. The van der Waals surface area contributed by atoms with Gasteiger partial charge in [0.1, 0.15) is 0 Å². The van der Waals surface area contributed by atoms with Crippen molar-refractivity contribution in [2.24, 2.45) is 0 Å². The van der Waals surface area contributed by atoms with E-state index in [4.69, 9.17) is 0 Å². The van der Waals surface area contributed by atoms with Crippen molar-refractivity contribution < 1.29 is 9.59 Å². The third kappa shape index (κ3) is 4.98. The van der Waals surface area contributed by atoms with E-state index in [1.807, 2.05) is 52.7 Å². The molecule has 4 rings (SSSR count). The summed E-state index contributed by atoms with van der Waals surface area (Å²) in [4.78, 5) is 27.6. The first-order chi connectivity index (χ1) is 14.2. The summed E-state index contributed by atoms with van der Waals surface area (Å²) < 4.78 is 0.462. The number of nitrogens with one attached hydrogen (secondary N) is 1. The molecule has 29 heavy (non-hydrogen) atoms. The number of likely N-dealkylation sites (tertiary alicyclic amines) is 1. The lowest BCUT2D eigenvalue weighted by atomic mass is 10.1. The number of piperidine rings is 1. The van der Waals surface area contributed by atoms with Crippen LogP contribution < -0.4 is 5.32 Å². The minimum absolute atomic E-state index is 0.00213. The monoisotopic (exact) mass is 426 g/mol. The number of amides is 2. The molecule has 0 unspecified atom stereocenters. The van der Waals surface area contributed by atoms with E-state index < -0.39 is 0 Å². The molecule has 2 aromatic carbocycles. The molecule has 2 fully saturated rings. The molecule has 1 N–H and O–H groups in total. The fourth-order valence-corrected chi connectivity index (χ4v) is 6.61. The maximum absolute atomic E-state index is 12.9. The Balaban J connectivity index is 1.46. The number of carbonyl (C=O) groups is 2. The Labute approximate surface area is 180 Å². The van der Waals surface area contributed by atoms with Crippen LogP contribution in [0.5, 0.6) is 0 Å². The SMILES string of the molecule is O=C(Nc1ccccc1C(=O)N1CCCCC1)c1ccc(C2SCCCS2)cc1. The van der Waals surface area contributed by atoms with Gasteiger partial charge in [0.25, 0.3) is 11.8 Å². The van der Waals surface area contributed by atoms with E-state index in [-0.39, 0.29) is 11.8 Å². The van der Waals surface area contributed by atoms with Gasteiger partial charge in [-0.25, -0.2) is 0 Å². The highest BCUT2D eigenvalue weighted by Gasteiger charge is 2.22. The molecule has 2 aliphatic rings. The third-order valence-electron chi connectivity index (χ3n) is 5.32. The normalized spacial score (nSPS) is 17.7. The first-order valence-corrected chi connectivity index (χ1v) is 12.3. The van der Waals surface area contributed by atoms with Gasteiger partial charge in [0.2, 0.25) is 0 Å². The molecular formula is C23H26N2O2S2. The number of hydrogen-bond donors (Lipinski definition) is 1. The average Bonchev–Trinajstić information content (AvgIpc) is 2.80. The van der Waals surface area contributed by atoms with Crippen molar-refractivity contribution in [1.29, 1.82) is 0 Å². The second-order valence-electron chi connectivity index (χ2n) is 7.40. The molecule has 6 heteroatoms. The van der Waals surface area contributed by atoms with Gasteiger partial charge in [0.15, 0.2) is 0 Å². The van der Waals surface area contributed by atoms with Gasteiger partial charge in [-0.2, -0.15) is 0 Å².